The number of nitro groups is 1. The lowest BCUT2D eigenvalue weighted by Crippen LogP contribution is -2.11. The van der Waals surface area contributed by atoms with E-state index in [0.717, 1.165) is 36.3 Å². The fourth-order valence-corrected chi connectivity index (χ4v) is 4.03. The van der Waals surface area contributed by atoms with Crippen LogP contribution in [-0.2, 0) is 16.3 Å². The van der Waals surface area contributed by atoms with Gasteiger partial charge in [-0.2, -0.15) is 0 Å². The Morgan fingerprint density at radius 1 is 1.25 bits per heavy atom. The summed E-state index contributed by atoms with van der Waals surface area (Å²) in [7, 11) is -3.60. The van der Waals surface area contributed by atoms with Gasteiger partial charge in [0.05, 0.1) is 21.5 Å². The number of nitrogens with one attached hydrogen (secondary N) is 1. The molecule has 0 saturated heterocycles. The Morgan fingerprint density at radius 3 is 2.67 bits per heavy atom. The number of sulfone groups is 1. The van der Waals surface area contributed by atoms with Gasteiger partial charge in [-0.1, -0.05) is 17.7 Å². The number of benzene rings is 2. The van der Waals surface area contributed by atoms with E-state index in [9.17, 15) is 18.5 Å². The molecule has 24 heavy (non-hydrogen) atoms. The van der Waals surface area contributed by atoms with E-state index in [2.05, 4.69) is 5.32 Å². The van der Waals surface area contributed by atoms with Gasteiger partial charge >= 0.3 is 0 Å². The third-order valence-corrected chi connectivity index (χ3v) is 5.46. The summed E-state index contributed by atoms with van der Waals surface area (Å²) < 4.78 is 24.0. The summed E-state index contributed by atoms with van der Waals surface area (Å²) in [4.78, 5) is 10.2. The molecule has 3 rings (SSSR count). The van der Waals surface area contributed by atoms with Crippen molar-refractivity contribution in [3.63, 3.8) is 0 Å². The van der Waals surface area contributed by atoms with Gasteiger partial charge in [-0.05, 0) is 42.2 Å². The Kier molecular flexibility index (Phi) is 4.23. The minimum absolute atomic E-state index is 0.0563. The van der Waals surface area contributed by atoms with Crippen molar-refractivity contribution in [3.05, 3.63) is 62.7 Å². The van der Waals surface area contributed by atoms with Gasteiger partial charge in [0.1, 0.15) is 0 Å². The van der Waals surface area contributed by atoms with Gasteiger partial charge in [-0.25, -0.2) is 8.42 Å². The van der Waals surface area contributed by atoms with E-state index in [1.165, 1.54) is 12.1 Å². The molecule has 0 heterocycles. The lowest BCUT2D eigenvalue weighted by atomic mass is 10.1. The molecule has 126 valence electrons. The quantitative estimate of drug-likeness (QED) is 0.657. The van der Waals surface area contributed by atoms with Crippen LogP contribution in [0.1, 0.15) is 23.6 Å². The molecule has 0 saturated carbocycles. The Hall–Kier alpha value is -2.12. The molecular weight excluding hydrogens is 352 g/mol. The first-order chi connectivity index (χ1) is 11.3. The number of nitrogens with zero attached hydrogens (tertiary/aromatic N) is 1. The van der Waals surface area contributed by atoms with E-state index >= 15 is 0 Å². The fraction of sp³-hybridized carbons (Fsp3) is 0.250. The van der Waals surface area contributed by atoms with E-state index in [-0.39, 0.29) is 16.6 Å². The molecule has 1 unspecified atom stereocenters. The second kappa shape index (κ2) is 6.07. The number of halogens is 1. The number of fused-ring (bicyclic) bond motifs is 1. The normalized spacial score (nSPS) is 16.7. The monoisotopic (exact) mass is 366 g/mol. The molecule has 8 heteroatoms. The van der Waals surface area contributed by atoms with Crippen molar-refractivity contribution in [1.29, 1.82) is 0 Å². The Morgan fingerprint density at radius 2 is 2.00 bits per heavy atom. The topological polar surface area (TPSA) is 89.3 Å². The van der Waals surface area contributed by atoms with Crippen LogP contribution in [0.15, 0.2) is 41.3 Å². The molecule has 0 spiro atoms. The second-order valence-corrected chi connectivity index (χ2v) is 8.21. The molecule has 2 aromatic carbocycles. The average Bonchev–Trinajstić information content (AvgIpc) is 2.88. The van der Waals surface area contributed by atoms with Crippen LogP contribution < -0.4 is 5.32 Å². The highest BCUT2D eigenvalue weighted by molar-refractivity contribution is 7.90. The van der Waals surface area contributed by atoms with Crippen LogP contribution in [0.2, 0.25) is 5.02 Å². The number of nitro benzene ring substituents is 1. The van der Waals surface area contributed by atoms with Crippen molar-refractivity contribution in [2.24, 2.45) is 0 Å². The Balaban J connectivity index is 1.99. The van der Waals surface area contributed by atoms with Crippen molar-refractivity contribution in [3.8, 4) is 0 Å². The van der Waals surface area contributed by atoms with Gasteiger partial charge in [0.15, 0.2) is 9.84 Å². The predicted octanol–water partition coefficient (Wildman–Crippen LogP) is 3.75. The molecular formula is C16H15ClN2O4S. The standard InChI is InChI=1S/C16H15ClN2O4S/c1-24(22,23)16-9-12(19(20)21)4-7-15(16)18-14-6-2-10-8-11(17)3-5-13(10)14/h3-5,7-9,14,18H,2,6H2,1H3. The molecule has 0 fully saturated rings. The van der Waals surface area contributed by atoms with Crippen molar-refractivity contribution in [1.82, 2.24) is 0 Å². The largest absolute Gasteiger partial charge is 0.377 e. The van der Waals surface area contributed by atoms with E-state index in [1.807, 2.05) is 12.1 Å². The molecule has 1 atom stereocenters. The molecule has 1 aliphatic carbocycles. The number of aryl methyl sites for hydroxylation is 1. The summed E-state index contributed by atoms with van der Waals surface area (Å²) in [6.07, 6.45) is 2.68. The first-order valence-corrected chi connectivity index (χ1v) is 9.56. The molecule has 0 radical (unpaired) electrons. The first kappa shape index (κ1) is 16.7. The smallest absolute Gasteiger partial charge is 0.270 e. The molecule has 0 aliphatic heterocycles. The van der Waals surface area contributed by atoms with Crippen LogP contribution >= 0.6 is 11.6 Å². The van der Waals surface area contributed by atoms with E-state index in [4.69, 9.17) is 11.6 Å². The van der Waals surface area contributed by atoms with Gasteiger partial charge in [-0.3, -0.25) is 10.1 Å². The Bertz CT molecular complexity index is 928. The van der Waals surface area contributed by atoms with Crippen LogP contribution in [0.4, 0.5) is 11.4 Å². The summed E-state index contributed by atoms with van der Waals surface area (Å²) in [5, 5.41) is 14.8. The lowest BCUT2D eigenvalue weighted by Gasteiger charge is -2.18. The highest BCUT2D eigenvalue weighted by Gasteiger charge is 2.25. The third kappa shape index (κ3) is 3.22. The van der Waals surface area contributed by atoms with Gasteiger partial charge in [0, 0.05) is 23.4 Å². The second-order valence-electron chi connectivity index (χ2n) is 5.79. The van der Waals surface area contributed by atoms with E-state index in [0.29, 0.717) is 10.7 Å². The SMILES string of the molecule is CS(=O)(=O)c1cc([N+](=O)[O-])ccc1NC1CCc2cc(Cl)ccc21. The maximum Gasteiger partial charge on any atom is 0.270 e. The van der Waals surface area contributed by atoms with E-state index < -0.39 is 14.8 Å². The highest BCUT2D eigenvalue weighted by Crippen LogP contribution is 2.37. The molecule has 0 bridgehead atoms. The van der Waals surface area contributed by atoms with Crippen molar-refractivity contribution in [2.75, 3.05) is 11.6 Å². The van der Waals surface area contributed by atoms with Crippen LogP contribution in [0, 0.1) is 10.1 Å². The number of non-ortho nitro benzene ring substituents is 1. The molecule has 0 amide bonds. The first-order valence-electron chi connectivity index (χ1n) is 7.29. The summed E-state index contributed by atoms with van der Waals surface area (Å²) in [6.45, 7) is 0. The molecule has 1 aliphatic rings. The fourth-order valence-electron chi connectivity index (χ4n) is 2.97. The molecule has 0 aromatic heterocycles. The third-order valence-electron chi connectivity index (χ3n) is 4.09. The van der Waals surface area contributed by atoms with Gasteiger partial charge in [-0.15, -0.1) is 0 Å². The summed E-state index contributed by atoms with van der Waals surface area (Å²) in [5.41, 5.74) is 2.32. The van der Waals surface area contributed by atoms with Crippen molar-refractivity contribution < 1.29 is 13.3 Å². The average molecular weight is 367 g/mol. The zero-order chi connectivity index (χ0) is 17.5. The maximum atomic E-state index is 12.0. The lowest BCUT2D eigenvalue weighted by molar-refractivity contribution is -0.385. The van der Waals surface area contributed by atoms with Crippen molar-refractivity contribution in [2.45, 2.75) is 23.8 Å². The molecule has 6 nitrogen and oxygen atoms in total. The van der Waals surface area contributed by atoms with Crippen LogP contribution in [0.25, 0.3) is 0 Å². The van der Waals surface area contributed by atoms with Crippen LogP contribution in [-0.4, -0.2) is 19.6 Å². The minimum Gasteiger partial charge on any atom is -0.377 e. The van der Waals surface area contributed by atoms with Crippen LogP contribution in [0.3, 0.4) is 0 Å². The number of hydrogen-bond acceptors (Lipinski definition) is 5. The maximum absolute atomic E-state index is 12.0. The van der Waals surface area contributed by atoms with Gasteiger partial charge in [0.25, 0.3) is 5.69 Å². The van der Waals surface area contributed by atoms with Crippen molar-refractivity contribution >= 4 is 32.8 Å². The highest BCUT2D eigenvalue weighted by atomic mass is 35.5. The Labute approximate surface area is 144 Å². The zero-order valence-corrected chi connectivity index (χ0v) is 14.4. The number of anilines is 1. The molecule has 2 aromatic rings. The minimum atomic E-state index is -3.60. The predicted molar refractivity (Wildman–Crippen MR) is 92.3 cm³/mol. The summed E-state index contributed by atoms with van der Waals surface area (Å²) in [6, 6.07) is 9.42. The summed E-state index contributed by atoms with van der Waals surface area (Å²) in [5.74, 6) is 0. The summed E-state index contributed by atoms with van der Waals surface area (Å²) >= 11 is 6.00. The van der Waals surface area contributed by atoms with Gasteiger partial charge in [0.2, 0.25) is 0 Å². The van der Waals surface area contributed by atoms with Crippen LogP contribution in [0.5, 0.6) is 0 Å². The zero-order valence-electron chi connectivity index (χ0n) is 12.8. The van der Waals surface area contributed by atoms with Gasteiger partial charge < -0.3 is 5.32 Å². The van der Waals surface area contributed by atoms with E-state index in [1.54, 1.807) is 6.07 Å². The number of hydrogen-bond donors (Lipinski definition) is 1. The number of rotatable bonds is 4. The molecule has 1 N–H and O–H groups in total.